The molecule has 1 unspecified atom stereocenters. The number of Topliss-reactive ketones (excluding diaryl/α,β-unsaturated/α-hetero) is 1. The highest BCUT2D eigenvalue weighted by Gasteiger charge is 2.50. The predicted octanol–water partition coefficient (Wildman–Crippen LogP) is 2.98. The van der Waals surface area contributed by atoms with Crippen molar-refractivity contribution in [2.75, 3.05) is 6.54 Å². The van der Waals surface area contributed by atoms with Crippen molar-refractivity contribution >= 4 is 40.9 Å². The third-order valence-corrected chi connectivity index (χ3v) is 4.82. The second-order valence-corrected chi connectivity index (χ2v) is 6.84. The summed E-state index contributed by atoms with van der Waals surface area (Å²) in [6.45, 7) is 1.21. The quantitative estimate of drug-likeness (QED) is 0.655. The summed E-state index contributed by atoms with van der Waals surface area (Å²) in [7, 11) is 1.72. The third-order valence-electron chi connectivity index (χ3n) is 4.28. The maximum atomic E-state index is 12.9. The molecule has 0 spiro atoms. The van der Waals surface area contributed by atoms with Gasteiger partial charge in [-0.3, -0.25) is 14.5 Å². The molecule has 0 bridgehead atoms. The summed E-state index contributed by atoms with van der Waals surface area (Å²) in [5.41, 5.74) is -0.516. The monoisotopic (exact) mass is 379 g/mol. The molecule has 1 fully saturated rings. The summed E-state index contributed by atoms with van der Waals surface area (Å²) in [5.74, 6) is -0.869. The highest BCUT2D eigenvalue weighted by atomic mass is 35.5. The minimum atomic E-state index is -1.35. The van der Waals surface area contributed by atoms with Gasteiger partial charge in [0.05, 0.1) is 12.2 Å². The third kappa shape index (κ3) is 2.92. The van der Waals surface area contributed by atoms with Crippen molar-refractivity contribution in [3.8, 4) is 0 Å². The Morgan fingerprint density at radius 1 is 1.24 bits per heavy atom. The average Bonchev–Trinajstić information content (AvgIpc) is 3.05. The van der Waals surface area contributed by atoms with Crippen LogP contribution in [0.3, 0.4) is 0 Å². The van der Waals surface area contributed by atoms with Crippen molar-refractivity contribution in [3.05, 3.63) is 57.8 Å². The molecular formula is C17H15Cl2N3O3. The van der Waals surface area contributed by atoms with Crippen molar-refractivity contribution < 1.29 is 14.4 Å². The molecule has 1 N–H and O–H groups in total. The molecule has 1 aliphatic rings. The number of urea groups is 1. The van der Waals surface area contributed by atoms with E-state index in [1.807, 2.05) is 0 Å². The number of hydrogen-bond donors (Lipinski definition) is 1. The zero-order chi connectivity index (χ0) is 18.4. The molecule has 0 saturated carbocycles. The van der Waals surface area contributed by atoms with Gasteiger partial charge in [0.2, 0.25) is 0 Å². The number of amides is 3. The van der Waals surface area contributed by atoms with Gasteiger partial charge in [-0.05, 0) is 31.2 Å². The molecule has 1 aliphatic heterocycles. The van der Waals surface area contributed by atoms with Crippen molar-refractivity contribution in [1.29, 1.82) is 0 Å². The largest absolute Gasteiger partial charge is 0.348 e. The van der Waals surface area contributed by atoms with E-state index in [-0.39, 0.29) is 17.4 Å². The molecule has 25 heavy (non-hydrogen) atoms. The van der Waals surface area contributed by atoms with Crippen LogP contribution in [0.4, 0.5) is 4.79 Å². The SMILES string of the molecule is Cn1cccc1C(=O)CN1C(=O)NC(C)(c2ccc(Cl)cc2Cl)C1=O. The zero-order valence-electron chi connectivity index (χ0n) is 13.5. The minimum Gasteiger partial charge on any atom is -0.348 e. The fourth-order valence-corrected chi connectivity index (χ4v) is 3.49. The van der Waals surface area contributed by atoms with E-state index >= 15 is 0 Å². The Hall–Kier alpha value is -2.31. The highest BCUT2D eigenvalue weighted by molar-refractivity contribution is 6.35. The zero-order valence-corrected chi connectivity index (χ0v) is 15.1. The molecule has 1 saturated heterocycles. The summed E-state index contributed by atoms with van der Waals surface area (Å²) in [6, 6.07) is 7.39. The van der Waals surface area contributed by atoms with E-state index in [4.69, 9.17) is 23.2 Å². The van der Waals surface area contributed by atoms with Crippen LogP contribution < -0.4 is 5.32 Å². The van der Waals surface area contributed by atoms with Crippen LogP contribution >= 0.6 is 23.2 Å². The lowest BCUT2D eigenvalue weighted by Gasteiger charge is -2.23. The predicted molar refractivity (Wildman–Crippen MR) is 93.8 cm³/mol. The van der Waals surface area contributed by atoms with Gasteiger partial charge in [0, 0.05) is 28.9 Å². The van der Waals surface area contributed by atoms with E-state index in [0.717, 1.165) is 4.90 Å². The summed E-state index contributed by atoms with van der Waals surface area (Å²) in [6.07, 6.45) is 1.72. The molecule has 1 aromatic carbocycles. The Balaban J connectivity index is 1.89. The van der Waals surface area contributed by atoms with E-state index in [1.54, 1.807) is 49.0 Å². The summed E-state index contributed by atoms with van der Waals surface area (Å²) >= 11 is 12.1. The number of carbonyl (C=O) groups excluding carboxylic acids is 3. The molecule has 0 radical (unpaired) electrons. The van der Waals surface area contributed by atoms with Gasteiger partial charge in [-0.2, -0.15) is 0 Å². The van der Waals surface area contributed by atoms with Crippen molar-refractivity contribution in [2.24, 2.45) is 7.05 Å². The normalized spacial score (nSPS) is 20.1. The highest BCUT2D eigenvalue weighted by Crippen LogP contribution is 2.35. The van der Waals surface area contributed by atoms with Crippen LogP contribution in [0.2, 0.25) is 10.0 Å². The molecule has 8 heteroatoms. The molecule has 3 rings (SSSR count). The van der Waals surface area contributed by atoms with Gasteiger partial charge in [-0.25, -0.2) is 4.79 Å². The lowest BCUT2D eigenvalue weighted by molar-refractivity contribution is -0.130. The van der Waals surface area contributed by atoms with Gasteiger partial charge in [0.15, 0.2) is 5.78 Å². The second kappa shape index (κ2) is 6.20. The molecule has 6 nitrogen and oxygen atoms in total. The fourth-order valence-electron chi connectivity index (χ4n) is 2.89. The average molecular weight is 380 g/mol. The van der Waals surface area contributed by atoms with Gasteiger partial charge in [0.1, 0.15) is 5.54 Å². The first-order chi connectivity index (χ1) is 11.7. The van der Waals surface area contributed by atoms with E-state index < -0.39 is 17.5 Å². The van der Waals surface area contributed by atoms with Gasteiger partial charge >= 0.3 is 6.03 Å². The molecule has 2 aromatic rings. The van der Waals surface area contributed by atoms with E-state index in [0.29, 0.717) is 16.3 Å². The minimum absolute atomic E-state index is 0.263. The molecule has 0 aliphatic carbocycles. The standard InChI is InChI=1S/C17H15Cl2N3O3/c1-17(11-6-5-10(18)8-12(11)19)15(24)22(16(25)20-17)9-14(23)13-4-3-7-21(13)2/h3-8H,9H2,1-2H3,(H,20,25). The van der Waals surface area contributed by atoms with Crippen LogP contribution in [0.5, 0.6) is 0 Å². The number of carbonyl (C=O) groups is 3. The number of benzene rings is 1. The van der Waals surface area contributed by atoms with Crippen LogP contribution in [-0.2, 0) is 17.4 Å². The summed E-state index contributed by atoms with van der Waals surface area (Å²) in [5, 5.41) is 3.31. The van der Waals surface area contributed by atoms with Crippen LogP contribution in [0, 0.1) is 0 Å². The Morgan fingerprint density at radius 3 is 2.56 bits per heavy atom. The number of ketones is 1. The van der Waals surface area contributed by atoms with Crippen LogP contribution in [0.1, 0.15) is 23.0 Å². The lowest BCUT2D eigenvalue weighted by atomic mass is 9.92. The van der Waals surface area contributed by atoms with Gasteiger partial charge in [0.25, 0.3) is 5.91 Å². The fraction of sp³-hybridized carbons (Fsp3) is 0.235. The van der Waals surface area contributed by atoms with E-state index in [2.05, 4.69) is 5.32 Å². The van der Waals surface area contributed by atoms with Crippen molar-refractivity contribution in [1.82, 2.24) is 14.8 Å². The van der Waals surface area contributed by atoms with Crippen molar-refractivity contribution in [2.45, 2.75) is 12.5 Å². The van der Waals surface area contributed by atoms with Crippen LogP contribution in [0.25, 0.3) is 0 Å². The smallest absolute Gasteiger partial charge is 0.325 e. The maximum absolute atomic E-state index is 12.9. The van der Waals surface area contributed by atoms with Gasteiger partial charge < -0.3 is 9.88 Å². The molecule has 2 heterocycles. The molecular weight excluding hydrogens is 365 g/mol. The second-order valence-electron chi connectivity index (χ2n) is 6.00. The summed E-state index contributed by atoms with van der Waals surface area (Å²) < 4.78 is 1.63. The van der Waals surface area contributed by atoms with Gasteiger partial charge in [-0.1, -0.05) is 29.3 Å². The number of aromatic nitrogens is 1. The first kappa shape index (κ1) is 17.5. The number of hydrogen-bond acceptors (Lipinski definition) is 3. The van der Waals surface area contributed by atoms with E-state index in [1.165, 1.54) is 6.07 Å². The van der Waals surface area contributed by atoms with Gasteiger partial charge in [-0.15, -0.1) is 0 Å². The first-order valence-corrected chi connectivity index (χ1v) is 8.24. The Bertz CT molecular complexity index is 893. The maximum Gasteiger partial charge on any atom is 0.325 e. The molecule has 130 valence electrons. The summed E-state index contributed by atoms with van der Waals surface area (Å²) in [4.78, 5) is 38.5. The topological polar surface area (TPSA) is 71.4 Å². The van der Waals surface area contributed by atoms with Crippen LogP contribution in [-0.4, -0.2) is 33.7 Å². The Kier molecular flexibility index (Phi) is 4.34. The lowest BCUT2D eigenvalue weighted by Crippen LogP contribution is -2.41. The first-order valence-electron chi connectivity index (χ1n) is 7.48. The Labute approximate surface area is 154 Å². The number of nitrogens with one attached hydrogen (secondary N) is 1. The van der Waals surface area contributed by atoms with Crippen LogP contribution in [0.15, 0.2) is 36.5 Å². The number of imide groups is 1. The number of halogens is 2. The number of aryl methyl sites for hydroxylation is 1. The molecule has 1 atom stereocenters. The number of nitrogens with zero attached hydrogens (tertiary/aromatic N) is 2. The number of rotatable bonds is 4. The molecule has 3 amide bonds. The van der Waals surface area contributed by atoms with Crippen molar-refractivity contribution in [3.63, 3.8) is 0 Å². The molecule has 1 aromatic heterocycles. The Morgan fingerprint density at radius 2 is 1.96 bits per heavy atom. The van der Waals surface area contributed by atoms with E-state index in [9.17, 15) is 14.4 Å².